The lowest BCUT2D eigenvalue weighted by molar-refractivity contribution is 0.102. The summed E-state index contributed by atoms with van der Waals surface area (Å²) in [5, 5.41) is 2.31. The van der Waals surface area contributed by atoms with E-state index in [9.17, 15) is 26.4 Å². The Labute approximate surface area is 217 Å². The third kappa shape index (κ3) is 6.92. The second-order valence-electron chi connectivity index (χ2n) is 10.9. The van der Waals surface area contributed by atoms with Gasteiger partial charge in [0.1, 0.15) is 4.90 Å². The molecule has 1 amide bonds. The Hall–Kier alpha value is -2.41. The van der Waals surface area contributed by atoms with Crippen LogP contribution in [0.5, 0.6) is 0 Å². The maximum absolute atomic E-state index is 13.5. The number of carbonyl (C=O) groups excluding carboxylic acids is 1. The van der Waals surface area contributed by atoms with Crippen molar-refractivity contribution in [1.29, 1.82) is 0 Å². The first kappa shape index (κ1) is 29.1. The molecule has 0 heterocycles. The topological polar surface area (TPSA) is 111 Å². The van der Waals surface area contributed by atoms with Gasteiger partial charge in [-0.15, -0.1) is 0 Å². The zero-order valence-corrected chi connectivity index (χ0v) is 23.4. The Kier molecular flexibility index (Phi) is 8.47. The highest BCUT2D eigenvalue weighted by molar-refractivity contribution is 7.89. The zero-order chi connectivity index (χ0) is 27.8. The van der Waals surface area contributed by atoms with Crippen molar-refractivity contribution in [3.63, 3.8) is 0 Å². The molecule has 1 fully saturated rings. The molecule has 1 aliphatic carbocycles. The number of amides is 1. The Morgan fingerprint density at radius 2 is 1.59 bits per heavy atom. The molecule has 4 N–H and O–H groups in total. The third-order valence-electron chi connectivity index (χ3n) is 7.07. The molecule has 0 aliphatic heterocycles. The standard InChI is InChI=1S/C25H34F3N3O4SSi/c1-25(2,3)37(4,5)35-18-9-7-16(8-10-18)31-36(33,34)22-12-15(6-11-21(22)29)24(32)30-17-13-19(26)23(28)20(27)14-17/h6,11-14,16,18,31H,7-10,29H2,1-5H3,(H,30,32)/t16-,18+. The van der Waals surface area contributed by atoms with Crippen LogP contribution in [0.15, 0.2) is 35.2 Å². The molecule has 0 saturated heterocycles. The minimum atomic E-state index is -4.07. The SMILES string of the molecule is CC(C)(C)[Si](C)(C)O[C@H]1CC[C@@H](NS(=O)(=O)c2cc(C(=O)Nc3cc(F)c(F)c(F)c3)ccc2N)CC1. The lowest BCUT2D eigenvalue weighted by Gasteiger charge is -2.41. The van der Waals surface area contributed by atoms with E-state index in [-0.39, 0.29) is 39.0 Å². The molecule has 0 bridgehead atoms. The smallest absolute Gasteiger partial charge is 0.255 e. The van der Waals surface area contributed by atoms with Crippen LogP contribution in [0.3, 0.4) is 0 Å². The lowest BCUT2D eigenvalue weighted by atomic mass is 9.94. The van der Waals surface area contributed by atoms with E-state index in [1.807, 2.05) is 0 Å². The molecule has 3 rings (SSSR count). The number of hydrogen-bond donors (Lipinski definition) is 3. The number of nitrogens with two attached hydrogens (primary N) is 1. The fourth-order valence-corrected chi connectivity index (χ4v) is 6.80. The van der Waals surface area contributed by atoms with Gasteiger partial charge in [-0.2, -0.15) is 0 Å². The fourth-order valence-electron chi connectivity index (χ4n) is 3.91. The summed E-state index contributed by atoms with van der Waals surface area (Å²) in [5.74, 6) is -5.44. The summed E-state index contributed by atoms with van der Waals surface area (Å²) in [7, 11) is -6.00. The molecule has 0 aromatic heterocycles. The van der Waals surface area contributed by atoms with Crippen LogP contribution in [-0.4, -0.2) is 34.8 Å². The van der Waals surface area contributed by atoms with Crippen molar-refractivity contribution >= 4 is 35.6 Å². The van der Waals surface area contributed by atoms with Crippen LogP contribution in [-0.2, 0) is 14.4 Å². The predicted molar refractivity (Wildman–Crippen MR) is 140 cm³/mol. The van der Waals surface area contributed by atoms with Crippen molar-refractivity contribution in [1.82, 2.24) is 4.72 Å². The van der Waals surface area contributed by atoms with Crippen molar-refractivity contribution in [2.24, 2.45) is 0 Å². The van der Waals surface area contributed by atoms with Crippen molar-refractivity contribution in [3.8, 4) is 0 Å². The highest BCUT2D eigenvalue weighted by atomic mass is 32.2. The molecule has 1 aliphatic rings. The van der Waals surface area contributed by atoms with E-state index in [1.54, 1.807) is 0 Å². The minimum Gasteiger partial charge on any atom is -0.414 e. The van der Waals surface area contributed by atoms with Gasteiger partial charge in [0.05, 0.1) is 5.69 Å². The quantitative estimate of drug-likeness (QED) is 0.235. The number of rotatable bonds is 7. The maximum atomic E-state index is 13.5. The first-order valence-electron chi connectivity index (χ1n) is 12.1. The van der Waals surface area contributed by atoms with Crippen molar-refractivity contribution in [2.45, 2.75) is 81.6 Å². The summed E-state index contributed by atoms with van der Waals surface area (Å²) in [5.41, 5.74) is 5.43. The summed E-state index contributed by atoms with van der Waals surface area (Å²) < 4.78 is 75.5. The fraction of sp³-hybridized carbons (Fsp3) is 0.480. The molecule has 2 aromatic rings. The Morgan fingerprint density at radius 1 is 1.03 bits per heavy atom. The van der Waals surface area contributed by atoms with E-state index in [4.69, 9.17) is 10.2 Å². The average Bonchev–Trinajstić information content (AvgIpc) is 2.77. The Bertz CT molecular complexity index is 1250. The highest BCUT2D eigenvalue weighted by Crippen LogP contribution is 2.39. The van der Waals surface area contributed by atoms with Crippen LogP contribution < -0.4 is 15.8 Å². The maximum Gasteiger partial charge on any atom is 0.255 e. The summed E-state index contributed by atoms with van der Waals surface area (Å²) >= 11 is 0. The minimum absolute atomic E-state index is 0.0575. The number of halogens is 3. The number of hydrogen-bond acceptors (Lipinski definition) is 5. The van der Waals surface area contributed by atoms with Gasteiger partial charge >= 0.3 is 0 Å². The van der Waals surface area contributed by atoms with Gasteiger partial charge in [-0.1, -0.05) is 20.8 Å². The molecule has 0 radical (unpaired) electrons. The monoisotopic (exact) mass is 557 g/mol. The molecule has 37 heavy (non-hydrogen) atoms. The van der Waals surface area contributed by atoms with Gasteiger partial charge in [0, 0.05) is 35.5 Å². The van der Waals surface area contributed by atoms with Gasteiger partial charge in [0.15, 0.2) is 25.8 Å². The summed E-state index contributed by atoms with van der Waals surface area (Å²) in [6.07, 6.45) is 2.73. The molecule has 12 heteroatoms. The number of nitrogen functional groups attached to an aromatic ring is 1. The van der Waals surface area contributed by atoms with Crippen LogP contribution in [0, 0.1) is 17.5 Å². The largest absolute Gasteiger partial charge is 0.414 e. The number of benzene rings is 2. The number of anilines is 2. The van der Waals surface area contributed by atoms with Crippen LogP contribution >= 0.6 is 0 Å². The molecule has 2 aromatic carbocycles. The van der Waals surface area contributed by atoms with Gasteiger partial charge in [-0.25, -0.2) is 26.3 Å². The van der Waals surface area contributed by atoms with E-state index in [1.165, 1.54) is 12.1 Å². The lowest BCUT2D eigenvalue weighted by Crippen LogP contribution is -2.46. The first-order chi connectivity index (χ1) is 17.0. The van der Waals surface area contributed by atoms with E-state index >= 15 is 0 Å². The Balaban J connectivity index is 1.69. The van der Waals surface area contributed by atoms with Gasteiger partial charge < -0.3 is 15.5 Å². The predicted octanol–water partition coefficient (Wildman–Crippen LogP) is 5.55. The zero-order valence-electron chi connectivity index (χ0n) is 21.6. The van der Waals surface area contributed by atoms with Gasteiger partial charge in [0.2, 0.25) is 10.0 Å². The van der Waals surface area contributed by atoms with Crippen molar-refractivity contribution < 1.29 is 30.8 Å². The molecule has 0 atom stereocenters. The van der Waals surface area contributed by atoms with Crippen LogP contribution in [0.1, 0.15) is 56.8 Å². The molecule has 7 nitrogen and oxygen atoms in total. The molecule has 1 saturated carbocycles. The van der Waals surface area contributed by atoms with Crippen molar-refractivity contribution in [3.05, 3.63) is 53.3 Å². The van der Waals surface area contributed by atoms with E-state index in [2.05, 4.69) is 43.9 Å². The third-order valence-corrected chi connectivity index (χ3v) is 13.2. The van der Waals surface area contributed by atoms with Crippen LogP contribution in [0.25, 0.3) is 0 Å². The molecular weight excluding hydrogens is 523 g/mol. The van der Waals surface area contributed by atoms with Gasteiger partial charge in [-0.05, 0) is 62.0 Å². The van der Waals surface area contributed by atoms with Crippen LogP contribution in [0.2, 0.25) is 18.1 Å². The molecule has 0 unspecified atom stereocenters. The van der Waals surface area contributed by atoms with Gasteiger partial charge in [0.25, 0.3) is 5.91 Å². The first-order valence-corrected chi connectivity index (χ1v) is 16.4. The summed E-state index contributed by atoms with van der Waals surface area (Å²) in [6.45, 7) is 10.9. The van der Waals surface area contributed by atoms with E-state index < -0.39 is 41.7 Å². The Morgan fingerprint density at radius 3 is 2.14 bits per heavy atom. The second kappa shape index (κ2) is 10.8. The summed E-state index contributed by atoms with van der Waals surface area (Å²) in [6, 6.07) is 4.57. The van der Waals surface area contributed by atoms with E-state index in [0.29, 0.717) is 25.0 Å². The molecule has 204 valence electrons. The number of nitrogens with one attached hydrogen (secondary N) is 2. The average molecular weight is 558 g/mol. The summed E-state index contributed by atoms with van der Waals surface area (Å²) in [4.78, 5) is 12.3. The number of sulfonamides is 1. The van der Waals surface area contributed by atoms with Crippen LogP contribution in [0.4, 0.5) is 24.5 Å². The molecular formula is C25H34F3N3O4SSi. The van der Waals surface area contributed by atoms with Gasteiger partial charge in [-0.3, -0.25) is 4.79 Å². The van der Waals surface area contributed by atoms with E-state index in [0.717, 1.165) is 18.9 Å². The second-order valence-corrected chi connectivity index (χ2v) is 17.4. The normalized spacial score (nSPS) is 19.0. The molecule has 0 spiro atoms. The highest BCUT2D eigenvalue weighted by Gasteiger charge is 2.40. The number of carbonyl (C=O) groups is 1. The van der Waals surface area contributed by atoms with Crippen molar-refractivity contribution in [2.75, 3.05) is 11.1 Å².